The molecule has 1 aromatic heterocycles. The highest BCUT2D eigenvalue weighted by molar-refractivity contribution is 5.96. The lowest BCUT2D eigenvalue weighted by atomic mass is 10.1. The zero-order valence-corrected chi connectivity index (χ0v) is 16.2. The van der Waals surface area contributed by atoms with E-state index in [1.807, 2.05) is 42.5 Å². The third kappa shape index (κ3) is 6.10. The average molecular weight is 410 g/mol. The normalized spacial score (nSPS) is 12.0. The number of halogens is 2. The molecule has 0 saturated carbocycles. The zero-order chi connectivity index (χ0) is 21.5. The van der Waals surface area contributed by atoms with Gasteiger partial charge in [0, 0.05) is 12.1 Å². The second kappa shape index (κ2) is 9.60. The molecule has 6 nitrogen and oxygen atoms in total. The fourth-order valence-electron chi connectivity index (χ4n) is 2.73. The zero-order valence-electron chi connectivity index (χ0n) is 16.2. The van der Waals surface area contributed by atoms with Gasteiger partial charge >= 0.3 is 0 Å². The molecule has 0 saturated heterocycles. The molecule has 0 radical (unpaired) electrons. The maximum absolute atomic E-state index is 13.2. The molecule has 0 spiro atoms. The Kier molecular flexibility index (Phi) is 6.69. The summed E-state index contributed by atoms with van der Waals surface area (Å²) in [5.41, 5.74) is 1.89. The lowest BCUT2D eigenvalue weighted by molar-refractivity contribution is -0.125. The van der Waals surface area contributed by atoms with Crippen molar-refractivity contribution in [2.24, 2.45) is 0 Å². The molecule has 1 heterocycles. The lowest BCUT2D eigenvalue weighted by Crippen LogP contribution is -2.42. The fraction of sp³-hybridized carbons (Fsp3) is 0.136. The quantitative estimate of drug-likeness (QED) is 0.557. The molecule has 0 unspecified atom stereocenters. The molecule has 0 aliphatic heterocycles. The lowest BCUT2D eigenvalue weighted by Gasteiger charge is -2.13. The van der Waals surface area contributed by atoms with Crippen LogP contribution in [-0.4, -0.2) is 28.1 Å². The first-order valence-electron chi connectivity index (χ1n) is 9.23. The van der Waals surface area contributed by atoms with E-state index >= 15 is 0 Å². The van der Waals surface area contributed by atoms with Crippen molar-refractivity contribution in [2.75, 3.05) is 5.32 Å². The maximum atomic E-state index is 13.2. The number of benzene rings is 2. The molecule has 154 valence electrons. The van der Waals surface area contributed by atoms with Gasteiger partial charge in [0.2, 0.25) is 11.8 Å². The topological polar surface area (TPSA) is 86.9 Å². The van der Waals surface area contributed by atoms with Crippen LogP contribution in [0.15, 0.2) is 54.6 Å². The molecule has 3 aromatic rings. The van der Waals surface area contributed by atoms with Crippen LogP contribution in [0.25, 0.3) is 12.2 Å². The Morgan fingerprint density at radius 1 is 1.07 bits per heavy atom. The monoisotopic (exact) mass is 410 g/mol. The number of carbonyl (C=O) groups excluding carboxylic acids is 2. The molecule has 3 N–H and O–H groups in total. The molecule has 0 fully saturated rings. The molecule has 1 atom stereocenters. The van der Waals surface area contributed by atoms with Crippen LogP contribution < -0.4 is 10.6 Å². The second-order valence-electron chi connectivity index (χ2n) is 6.69. The van der Waals surface area contributed by atoms with Gasteiger partial charge in [-0.2, -0.15) is 5.10 Å². The highest BCUT2D eigenvalue weighted by Crippen LogP contribution is 2.11. The van der Waals surface area contributed by atoms with Gasteiger partial charge in [-0.1, -0.05) is 36.4 Å². The number of aromatic nitrogens is 2. The van der Waals surface area contributed by atoms with E-state index in [0.29, 0.717) is 11.5 Å². The Morgan fingerprint density at radius 2 is 1.77 bits per heavy atom. The number of nitrogens with one attached hydrogen (secondary N) is 3. The molecule has 0 aliphatic rings. The van der Waals surface area contributed by atoms with Crippen molar-refractivity contribution >= 4 is 29.8 Å². The number of H-pyrrole nitrogens is 1. The first-order chi connectivity index (χ1) is 14.4. The largest absolute Gasteiger partial charge is 0.344 e. The third-order valence-electron chi connectivity index (χ3n) is 4.16. The number of rotatable bonds is 7. The van der Waals surface area contributed by atoms with Crippen LogP contribution in [0.3, 0.4) is 0 Å². The van der Waals surface area contributed by atoms with Gasteiger partial charge in [-0.3, -0.25) is 14.7 Å². The van der Waals surface area contributed by atoms with Crippen molar-refractivity contribution in [2.45, 2.75) is 19.4 Å². The van der Waals surface area contributed by atoms with Crippen LogP contribution in [0, 0.1) is 11.6 Å². The van der Waals surface area contributed by atoms with E-state index in [4.69, 9.17) is 0 Å². The van der Waals surface area contributed by atoms with E-state index in [1.165, 1.54) is 6.92 Å². The summed E-state index contributed by atoms with van der Waals surface area (Å²) in [6, 6.07) is 13.4. The average Bonchev–Trinajstić information content (AvgIpc) is 3.13. The maximum Gasteiger partial charge on any atom is 0.247 e. The number of hydrogen-bond donors (Lipinski definition) is 3. The fourth-order valence-corrected chi connectivity index (χ4v) is 2.73. The summed E-state index contributed by atoms with van der Waals surface area (Å²) in [6.45, 7) is 1.50. The number of aromatic amines is 1. The van der Waals surface area contributed by atoms with E-state index in [1.54, 1.807) is 6.07 Å². The van der Waals surface area contributed by atoms with Crippen molar-refractivity contribution < 1.29 is 18.4 Å². The Morgan fingerprint density at radius 3 is 2.47 bits per heavy atom. The summed E-state index contributed by atoms with van der Waals surface area (Å²) in [7, 11) is 0. The van der Waals surface area contributed by atoms with Gasteiger partial charge in [0.05, 0.1) is 12.1 Å². The highest BCUT2D eigenvalue weighted by atomic mass is 19.1. The second-order valence-corrected chi connectivity index (χ2v) is 6.69. The van der Waals surface area contributed by atoms with Gasteiger partial charge in [0.25, 0.3) is 0 Å². The van der Waals surface area contributed by atoms with E-state index in [2.05, 4.69) is 20.8 Å². The van der Waals surface area contributed by atoms with Crippen LogP contribution in [0.5, 0.6) is 0 Å². The first kappa shape index (κ1) is 20.9. The molecule has 30 heavy (non-hydrogen) atoms. The van der Waals surface area contributed by atoms with E-state index in [0.717, 1.165) is 23.8 Å². The van der Waals surface area contributed by atoms with Crippen molar-refractivity contribution in [1.29, 1.82) is 0 Å². The molecule has 0 bridgehead atoms. The smallest absolute Gasteiger partial charge is 0.247 e. The predicted octanol–water partition coefficient (Wildman–Crippen LogP) is 3.54. The van der Waals surface area contributed by atoms with Gasteiger partial charge < -0.3 is 10.6 Å². The minimum atomic E-state index is -0.865. The molecule has 0 aliphatic carbocycles. The molecule has 3 rings (SSSR count). The Balaban J connectivity index is 1.52. The van der Waals surface area contributed by atoms with Gasteiger partial charge in [0.15, 0.2) is 5.82 Å². The third-order valence-corrected chi connectivity index (χ3v) is 4.16. The molecule has 8 heteroatoms. The Bertz CT molecular complexity index is 1040. The predicted molar refractivity (Wildman–Crippen MR) is 110 cm³/mol. The van der Waals surface area contributed by atoms with E-state index in [9.17, 15) is 18.4 Å². The van der Waals surface area contributed by atoms with Gasteiger partial charge in [-0.15, -0.1) is 0 Å². The van der Waals surface area contributed by atoms with Crippen LogP contribution in [-0.2, 0) is 16.0 Å². The first-order valence-corrected chi connectivity index (χ1v) is 9.23. The number of nitrogens with zero attached hydrogens (tertiary/aromatic N) is 1. The summed E-state index contributed by atoms with van der Waals surface area (Å²) in [5, 5.41) is 11.9. The van der Waals surface area contributed by atoms with Crippen LogP contribution >= 0.6 is 0 Å². The van der Waals surface area contributed by atoms with Gasteiger partial charge in [0.1, 0.15) is 17.7 Å². The van der Waals surface area contributed by atoms with Crippen LogP contribution in [0.1, 0.15) is 23.7 Å². The minimum Gasteiger partial charge on any atom is -0.344 e. The molecular weight excluding hydrogens is 390 g/mol. The van der Waals surface area contributed by atoms with Crippen LogP contribution in [0.2, 0.25) is 0 Å². The van der Waals surface area contributed by atoms with Crippen molar-refractivity contribution in [3.05, 3.63) is 83.1 Å². The minimum absolute atomic E-state index is 0.180. The van der Waals surface area contributed by atoms with Gasteiger partial charge in [-0.25, -0.2) is 8.78 Å². The standard InChI is InChI=1S/C22H20F2N4O2/c1-14(25-21(29)11-16-9-17(23)12-18(24)10-16)22(30)26-20-13-19(27-28-20)8-7-15-5-3-2-4-6-15/h2-10,12-14H,11H2,1H3,(H,25,29)(H2,26,27,28,30)/b8-7+/t14-/m0/s1. The Hall–Kier alpha value is -3.81. The molecular formula is C22H20F2N4O2. The van der Waals surface area contributed by atoms with E-state index in [-0.39, 0.29) is 12.0 Å². The molecule has 2 amide bonds. The number of anilines is 1. The van der Waals surface area contributed by atoms with Crippen molar-refractivity contribution in [3.8, 4) is 0 Å². The van der Waals surface area contributed by atoms with Crippen molar-refractivity contribution in [1.82, 2.24) is 15.5 Å². The highest BCUT2D eigenvalue weighted by Gasteiger charge is 2.17. The summed E-state index contributed by atoms with van der Waals surface area (Å²) < 4.78 is 26.4. The SMILES string of the molecule is C[C@H](NC(=O)Cc1cc(F)cc(F)c1)C(=O)Nc1cc(/C=C/c2ccccc2)[nH]n1. The van der Waals surface area contributed by atoms with Crippen LogP contribution in [0.4, 0.5) is 14.6 Å². The molecule has 2 aromatic carbocycles. The number of hydrogen-bond acceptors (Lipinski definition) is 3. The van der Waals surface area contributed by atoms with E-state index < -0.39 is 29.5 Å². The number of carbonyl (C=O) groups is 2. The van der Waals surface area contributed by atoms with Gasteiger partial charge in [-0.05, 0) is 36.3 Å². The summed E-state index contributed by atoms with van der Waals surface area (Å²) >= 11 is 0. The summed E-state index contributed by atoms with van der Waals surface area (Å²) in [4.78, 5) is 24.3. The van der Waals surface area contributed by atoms with Crippen molar-refractivity contribution in [3.63, 3.8) is 0 Å². The Labute approximate surface area is 172 Å². The summed E-state index contributed by atoms with van der Waals surface area (Å²) in [6.07, 6.45) is 3.47. The summed E-state index contributed by atoms with van der Waals surface area (Å²) in [5.74, 6) is -2.23. The number of amides is 2.